The summed E-state index contributed by atoms with van der Waals surface area (Å²) in [6.45, 7) is 3.77. The van der Waals surface area contributed by atoms with Gasteiger partial charge in [-0.1, -0.05) is 18.7 Å². The SMILES string of the molecule is C=C1NC(=O)C2=C1CCC=C2. The van der Waals surface area contributed by atoms with E-state index in [0.29, 0.717) is 0 Å². The molecule has 0 unspecified atom stereocenters. The second-order valence-corrected chi connectivity index (χ2v) is 2.77. The largest absolute Gasteiger partial charge is 0.322 e. The van der Waals surface area contributed by atoms with Gasteiger partial charge in [-0.15, -0.1) is 0 Å². The molecule has 0 saturated carbocycles. The van der Waals surface area contributed by atoms with Crippen molar-refractivity contribution in [3.8, 4) is 0 Å². The summed E-state index contributed by atoms with van der Waals surface area (Å²) in [5, 5.41) is 2.70. The number of carbonyl (C=O) groups is 1. The third kappa shape index (κ3) is 0.827. The summed E-state index contributed by atoms with van der Waals surface area (Å²) in [6, 6.07) is 0. The average molecular weight is 147 g/mol. The third-order valence-electron chi connectivity index (χ3n) is 2.04. The molecule has 0 spiro atoms. The van der Waals surface area contributed by atoms with Crippen LogP contribution in [0.1, 0.15) is 12.8 Å². The van der Waals surface area contributed by atoms with Crippen LogP contribution in [0.25, 0.3) is 0 Å². The lowest BCUT2D eigenvalue weighted by Crippen LogP contribution is -2.14. The highest BCUT2D eigenvalue weighted by molar-refractivity contribution is 6.02. The van der Waals surface area contributed by atoms with E-state index in [1.807, 2.05) is 12.2 Å². The number of allylic oxidation sites excluding steroid dienone is 2. The lowest BCUT2D eigenvalue weighted by molar-refractivity contribution is -0.115. The summed E-state index contributed by atoms with van der Waals surface area (Å²) in [4.78, 5) is 11.1. The van der Waals surface area contributed by atoms with Crippen molar-refractivity contribution in [1.29, 1.82) is 0 Å². The van der Waals surface area contributed by atoms with E-state index in [1.54, 1.807) is 0 Å². The first-order chi connectivity index (χ1) is 5.29. The van der Waals surface area contributed by atoms with Crippen LogP contribution in [-0.2, 0) is 4.79 Å². The predicted molar refractivity (Wildman–Crippen MR) is 42.7 cm³/mol. The number of hydrogen-bond donors (Lipinski definition) is 1. The van der Waals surface area contributed by atoms with Gasteiger partial charge in [-0.05, 0) is 18.4 Å². The van der Waals surface area contributed by atoms with Crippen LogP contribution in [0.3, 0.4) is 0 Å². The van der Waals surface area contributed by atoms with Gasteiger partial charge in [0.05, 0.1) is 0 Å². The summed E-state index contributed by atoms with van der Waals surface area (Å²) in [7, 11) is 0. The summed E-state index contributed by atoms with van der Waals surface area (Å²) < 4.78 is 0. The molecule has 0 atom stereocenters. The van der Waals surface area contributed by atoms with Gasteiger partial charge in [0.1, 0.15) is 0 Å². The molecule has 56 valence electrons. The van der Waals surface area contributed by atoms with Crippen molar-refractivity contribution in [2.75, 3.05) is 0 Å². The van der Waals surface area contributed by atoms with Gasteiger partial charge >= 0.3 is 0 Å². The molecule has 0 radical (unpaired) electrons. The van der Waals surface area contributed by atoms with E-state index in [2.05, 4.69) is 11.9 Å². The molecule has 1 aliphatic carbocycles. The average Bonchev–Trinajstić information content (AvgIpc) is 2.30. The Kier molecular flexibility index (Phi) is 1.22. The minimum absolute atomic E-state index is 0.000880. The van der Waals surface area contributed by atoms with E-state index < -0.39 is 0 Å². The highest BCUT2D eigenvalue weighted by atomic mass is 16.1. The Morgan fingerprint density at radius 3 is 3.09 bits per heavy atom. The smallest absolute Gasteiger partial charge is 0.255 e. The molecule has 11 heavy (non-hydrogen) atoms. The quantitative estimate of drug-likeness (QED) is 0.549. The van der Waals surface area contributed by atoms with Crippen molar-refractivity contribution >= 4 is 5.91 Å². The number of carbonyl (C=O) groups excluding carboxylic acids is 1. The van der Waals surface area contributed by atoms with Gasteiger partial charge in [-0.2, -0.15) is 0 Å². The van der Waals surface area contributed by atoms with Gasteiger partial charge in [-0.3, -0.25) is 4.79 Å². The standard InChI is InChI=1S/C9H9NO/c1-6-7-4-2-3-5-8(7)9(11)10-6/h3,5H,1-2,4H2,(H,10,11). The maximum Gasteiger partial charge on any atom is 0.255 e. The minimum atomic E-state index is 0.000880. The van der Waals surface area contributed by atoms with Crippen molar-refractivity contribution in [3.05, 3.63) is 35.6 Å². The Bertz CT molecular complexity index is 297. The summed E-state index contributed by atoms with van der Waals surface area (Å²) >= 11 is 0. The van der Waals surface area contributed by atoms with Gasteiger partial charge in [0.15, 0.2) is 0 Å². The number of nitrogens with one attached hydrogen (secondary N) is 1. The normalized spacial score (nSPS) is 22.2. The van der Waals surface area contributed by atoms with Crippen LogP contribution in [0.15, 0.2) is 35.6 Å². The topological polar surface area (TPSA) is 29.1 Å². The van der Waals surface area contributed by atoms with Crippen LogP contribution in [0.2, 0.25) is 0 Å². The molecule has 0 aromatic carbocycles. The molecular formula is C9H9NO. The fourth-order valence-electron chi connectivity index (χ4n) is 1.47. The molecule has 0 aromatic heterocycles. The number of amides is 1. The lowest BCUT2D eigenvalue weighted by Gasteiger charge is -2.04. The van der Waals surface area contributed by atoms with Crippen molar-refractivity contribution in [2.24, 2.45) is 0 Å². The third-order valence-corrected chi connectivity index (χ3v) is 2.04. The second-order valence-electron chi connectivity index (χ2n) is 2.77. The second kappa shape index (κ2) is 2.09. The van der Waals surface area contributed by atoms with Crippen molar-refractivity contribution < 1.29 is 4.79 Å². The van der Waals surface area contributed by atoms with Crippen molar-refractivity contribution in [1.82, 2.24) is 5.32 Å². The first kappa shape index (κ1) is 6.40. The van der Waals surface area contributed by atoms with Crippen LogP contribution in [0, 0.1) is 0 Å². The van der Waals surface area contributed by atoms with Crippen molar-refractivity contribution in [3.63, 3.8) is 0 Å². The number of hydrogen-bond acceptors (Lipinski definition) is 1. The highest BCUT2D eigenvalue weighted by Gasteiger charge is 2.24. The summed E-state index contributed by atoms with van der Waals surface area (Å²) in [5.74, 6) is 0.000880. The molecule has 0 saturated heterocycles. The van der Waals surface area contributed by atoms with E-state index >= 15 is 0 Å². The fraction of sp³-hybridized carbons (Fsp3) is 0.222. The molecule has 2 nitrogen and oxygen atoms in total. The Morgan fingerprint density at radius 2 is 2.36 bits per heavy atom. The summed E-state index contributed by atoms with van der Waals surface area (Å²) in [6.07, 6.45) is 5.87. The highest BCUT2D eigenvalue weighted by Crippen LogP contribution is 2.28. The van der Waals surface area contributed by atoms with Gasteiger partial charge in [0, 0.05) is 11.3 Å². The Labute approximate surface area is 65.3 Å². The monoisotopic (exact) mass is 147 g/mol. The van der Waals surface area contributed by atoms with E-state index in [0.717, 1.165) is 29.7 Å². The van der Waals surface area contributed by atoms with Gasteiger partial charge in [-0.25, -0.2) is 0 Å². The van der Waals surface area contributed by atoms with Crippen LogP contribution < -0.4 is 5.32 Å². The number of rotatable bonds is 0. The van der Waals surface area contributed by atoms with Gasteiger partial charge in [0.2, 0.25) is 0 Å². The Morgan fingerprint density at radius 1 is 1.55 bits per heavy atom. The molecule has 2 aliphatic rings. The Hall–Kier alpha value is -1.31. The maximum absolute atomic E-state index is 11.1. The molecule has 1 N–H and O–H groups in total. The predicted octanol–water partition coefficient (Wildman–Crippen LogP) is 1.28. The van der Waals surface area contributed by atoms with Gasteiger partial charge < -0.3 is 5.32 Å². The van der Waals surface area contributed by atoms with E-state index in [9.17, 15) is 4.79 Å². The molecule has 0 fully saturated rings. The molecule has 1 amide bonds. The molecule has 2 rings (SSSR count). The lowest BCUT2D eigenvalue weighted by atomic mass is 9.99. The molecule has 0 bridgehead atoms. The molecule has 1 aliphatic heterocycles. The zero-order chi connectivity index (χ0) is 7.84. The van der Waals surface area contributed by atoms with Crippen LogP contribution >= 0.6 is 0 Å². The molecular weight excluding hydrogens is 138 g/mol. The fourth-order valence-corrected chi connectivity index (χ4v) is 1.47. The first-order valence-corrected chi connectivity index (χ1v) is 3.69. The van der Waals surface area contributed by atoms with E-state index in [4.69, 9.17) is 0 Å². The molecule has 2 heteroatoms. The molecule has 1 heterocycles. The van der Waals surface area contributed by atoms with Crippen LogP contribution in [-0.4, -0.2) is 5.91 Å². The zero-order valence-corrected chi connectivity index (χ0v) is 6.18. The summed E-state index contributed by atoms with van der Waals surface area (Å²) in [5.41, 5.74) is 2.69. The minimum Gasteiger partial charge on any atom is -0.322 e. The Balaban J connectivity index is 2.49. The first-order valence-electron chi connectivity index (χ1n) is 3.69. The van der Waals surface area contributed by atoms with E-state index in [1.165, 1.54) is 0 Å². The zero-order valence-electron chi connectivity index (χ0n) is 6.18. The van der Waals surface area contributed by atoms with Crippen LogP contribution in [0.5, 0.6) is 0 Å². The van der Waals surface area contributed by atoms with Crippen molar-refractivity contribution in [2.45, 2.75) is 12.8 Å². The van der Waals surface area contributed by atoms with Gasteiger partial charge in [0.25, 0.3) is 5.91 Å². The maximum atomic E-state index is 11.1. The molecule has 0 aromatic rings. The van der Waals surface area contributed by atoms with E-state index in [-0.39, 0.29) is 5.91 Å². The van der Waals surface area contributed by atoms with Crippen LogP contribution in [0.4, 0.5) is 0 Å².